The summed E-state index contributed by atoms with van der Waals surface area (Å²) in [7, 11) is 3.99. The van der Waals surface area contributed by atoms with Crippen molar-refractivity contribution in [2.45, 2.75) is 12.8 Å². The molecule has 1 aliphatic heterocycles. The number of rotatable bonds is 5. The number of nitrogens with zero attached hydrogens (tertiary/aromatic N) is 1. The predicted octanol–water partition coefficient (Wildman–Crippen LogP) is 0.842. The van der Waals surface area contributed by atoms with Crippen molar-refractivity contribution in [3.63, 3.8) is 0 Å². The van der Waals surface area contributed by atoms with Crippen molar-refractivity contribution in [3.05, 3.63) is 29.3 Å². The Balaban J connectivity index is 1.84. The van der Waals surface area contributed by atoms with Crippen LogP contribution in [0, 0.1) is 0 Å². The van der Waals surface area contributed by atoms with Gasteiger partial charge in [-0.3, -0.25) is 4.79 Å². The van der Waals surface area contributed by atoms with Crippen molar-refractivity contribution in [2.75, 3.05) is 33.8 Å². The highest BCUT2D eigenvalue weighted by Crippen LogP contribution is 2.25. The molecule has 1 aromatic carbocycles. The summed E-state index contributed by atoms with van der Waals surface area (Å²) >= 11 is 0. The van der Waals surface area contributed by atoms with Gasteiger partial charge in [-0.15, -0.1) is 0 Å². The summed E-state index contributed by atoms with van der Waals surface area (Å²) in [6.45, 7) is 2.32. The molecule has 0 spiro atoms. The summed E-state index contributed by atoms with van der Waals surface area (Å²) in [5, 5.41) is 2.92. The molecule has 98 valence electrons. The quantitative estimate of drug-likeness (QED) is 0.839. The minimum atomic E-state index is 0.0794. The molecule has 4 heteroatoms. The fourth-order valence-electron chi connectivity index (χ4n) is 2.02. The average molecular weight is 248 g/mol. The van der Waals surface area contributed by atoms with E-state index in [4.69, 9.17) is 4.74 Å². The van der Waals surface area contributed by atoms with Crippen LogP contribution < -0.4 is 10.1 Å². The van der Waals surface area contributed by atoms with Crippen molar-refractivity contribution < 1.29 is 9.53 Å². The van der Waals surface area contributed by atoms with E-state index in [2.05, 4.69) is 11.4 Å². The smallest absolute Gasteiger partial charge is 0.224 e. The van der Waals surface area contributed by atoms with Crippen LogP contribution in [-0.4, -0.2) is 44.6 Å². The van der Waals surface area contributed by atoms with Gasteiger partial charge in [0, 0.05) is 19.5 Å². The number of likely N-dealkylation sites (N-methyl/N-ethyl adjacent to an activating group) is 1. The van der Waals surface area contributed by atoms with Crippen LogP contribution in [0.1, 0.15) is 11.1 Å². The highest BCUT2D eigenvalue weighted by Gasteiger charge is 2.13. The second-order valence-corrected chi connectivity index (χ2v) is 4.87. The molecule has 1 aliphatic rings. The van der Waals surface area contributed by atoms with Crippen LogP contribution in [0.3, 0.4) is 0 Å². The van der Waals surface area contributed by atoms with Crippen LogP contribution in [0.25, 0.3) is 0 Å². The van der Waals surface area contributed by atoms with Crippen LogP contribution in [0.15, 0.2) is 18.2 Å². The van der Waals surface area contributed by atoms with E-state index in [1.54, 1.807) is 0 Å². The minimum absolute atomic E-state index is 0.0794. The summed E-state index contributed by atoms with van der Waals surface area (Å²) < 4.78 is 5.44. The maximum Gasteiger partial charge on any atom is 0.224 e. The van der Waals surface area contributed by atoms with E-state index in [-0.39, 0.29) is 5.91 Å². The fourth-order valence-corrected chi connectivity index (χ4v) is 2.02. The third-order valence-corrected chi connectivity index (χ3v) is 3.00. The van der Waals surface area contributed by atoms with Crippen LogP contribution in [0.5, 0.6) is 5.75 Å². The van der Waals surface area contributed by atoms with Crippen molar-refractivity contribution >= 4 is 5.91 Å². The summed E-state index contributed by atoms with van der Waals surface area (Å²) in [6, 6.07) is 6.01. The van der Waals surface area contributed by atoms with Crippen LogP contribution in [-0.2, 0) is 17.6 Å². The van der Waals surface area contributed by atoms with Crippen molar-refractivity contribution in [1.82, 2.24) is 10.2 Å². The Morgan fingerprint density at radius 3 is 3.06 bits per heavy atom. The molecule has 0 saturated heterocycles. The van der Waals surface area contributed by atoms with E-state index in [1.165, 1.54) is 5.56 Å². The van der Waals surface area contributed by atoms with Gasteiger partial charge in [-0.25, -0.2) is 0 Å². The van der Waals surface area contributed by atoms with Gasteiger partial charge in [0.15, 0.2) is 0 Å². The number of nitrogens with one attached hydrogen (secondary N) is 1. The second-order valence-electron chi connectivity index (χ2n) is 4.87. The van der Waals surface area contributed by atoms with E-state index in [0.29, 0.717) is 13.0 Å². The zero-order chi connectivity index (χ0) is 13.0. The van der Waals surface area contributed by atoms with Crippen molar-refractivity contribution in [3.8, 4) is 5.75 Å². The highest BCUT2D eigenvalue weighted by molar-refractivity contribution is 5.78. The van der Waals surface area contributed by atoms with Crippen molar-refractivity contribution in [1.29, 1.82) is 0 Å². The third kappa shape index (κ3) is 3.47. The Kier molecular flexibility index (Phi) is 4.20. The molecule has 0 unspecified atom stereocenters. The minimum Gasteiger partial charge on any atom is -0.493 e. The van der Waals surface area contributed by atoms with E-state index in [9.17, 15) is 4.79 Å². The fraction of sp³-hybridized carbons (Fsp3) is 0.500. The number of carbonyl (C=O) groups is 1. The molecule has 1 aromatic rings. The molecule has 0 aromatic heterocycles. The van der Waals surface area contributed by atoms with Gasteiger partial charge < -0.3 is 15.0 Å². The molecular formula is C14H20N2O2. The first kappa shape index (κ1) is 12.9. The van der Waals surface area contributed by atoms with Gasteiger partial charge in [0.05, 0.1) is 13.0 Å². The Morgan fingerprint density at radius 1 is 1.44 bits per heavy atom. The molecule has 0 saturated carbocycles. The Morgan fingerprint density at radius 2 is 2.28 bits per heavy atom. The lowest BCUT2D eigenvalue weighted by Crippen LogP contribution is -2.32. The van der Waals surface area contributed by atoms with Gasteiger partial charge in [-0.05, 0) is 31.3 Å². The SMILES string of the molecule is CN(C)CCNC(=O)Cc1ccc2c(c1)CCO2. The van der Waals surface area contributed by atoms with Gasteiger partial charge in [0.25, 0.3) is 0 Å². The van der Waals surface area contributed by atoms with Gasteiger partial charge >= 0.3 is 0 Å². The zero-order valence-corrected chi connectivity index (χ0v) is 11.0. The molecule has 0 aliphatic carbocycles. The van der Waals surface area contributed by atoms with Gasteiger partial charge in [0.1, 0.15) is 5.75 Å². The molecule has 1 heterocycles. The lowest BCUT2D eigenvalue weighted by atomic mass is 10.1. The number of benzene rings is 1. The molecular weight excluding hydrogens is 228 g/mol. The molecule has 0 atom stereocenters. The van der Waals surface area contributed by atoms with Gasteiger partial charge in [0.2, 0.25) is 5.91 Å². The summed E-state index contributed by atoms with van der Waals surface area (Å²) in [4.78, 5) is 13.8. The lowest BCUT2D eigenvalue weighted by molar-refractivity contribution is -0.120. The van der Waals surface area contributed by atoms with Gasteiger partial charge in [-0.2, -0.15) is 0 Å². The Bertz CT molecular complexity index is 430. The molecule has 1 N–H and O–H groups in total. The summed E-state index contributed by atoms with van der Waals surface area (Å²) in [6.07, 6.45) is 1.39. The number of hydrogen-bond donors (Lipinski definition) is 1. The standard InChI is InChI=1S/C14H20N2O2/c1-16(2)7-6-15-14(17)10-11-3-4-13-12(9-11)5-8-18-13/h3-4,9H,5-8,10H2,1-2H3,(H,15,17). The third-order valence-electron chi connectivity index (χ3n) is 3.00. The maximum absolute atomic E-state index is 11.7. The number of carbonyl (C=O) groups excluding carboxylic acids is 1. The van der Waals surface area contributed by atoms with E-state index in [1.807, 2.05) is 31.1 Å². The number of ether oxygens (including phenoxy) is 1. The molecule has 0 fully saturated rings. The first-order chi connectivity index (χ1) is 8.65. The highest BCUT2D eigenvalue weighted by atomic mass is 16.5. The normalized spacial score (nSPS) is 13.3. The average Bonchev–Trinajstić information content (AvgIpc) is 2.75. The van der Waals surface area contributed by atoms with E-state index < -0.39 is 0 Å². The predicted molar refractivity (Wildman–Crippen MR) is 70.9 cm³/mol. The molecule has 0 radical (unpaired) electrons. The Hall–Kier alpha value is -1.55. The lowest BCUT2D eigenvalue weighted by Gasteiger charge is -2.10. The monoisotopic (exact) mass is 248 g/mol. The summed E-state index contributed by atoms with van der Waals surface area (Å²) in [5.41, 5.74) is 2.27. The number of amides is 1. The van der Waals surface area contributed by atoms with Gasteiger partial charge in [-0.1, -0.05) is 12.1 Å². The number of fused-ring (bicyclic) bond motifs is 1. The topological polar surface area (TPSA) is 41.6 Å². The van der Waals surface area contributed by atoms with Crippen molar-refractivity contribution in [2.24, 2.45) is 0 Å². The van der Waals surface area contributed by atoms with Crippen LogP contribution in [0.2, 0.25) is 0 Å². The van der Waals surface area contributed by atoms with E-state index >= 15 is 0 Å². The second kappa shape index (κ2) is 5.87. The van der Waals surface area contributed by atoms with Crippen LogP contribution >= 0.6 is 0 Å². The molecule has 18 heavy (non-hydrogen) atoms. The first-order valence-electron chi connectivity index (χ1n) is 6.31. The Labute approximate surface area is 108 Å². The first-order valence-corrected chi connectivity index (χ1v) is 6.31. The molecule has 4 nitrogen and oxygen atoms in total. The summed E-state index contributed by atoms with van der Waals surface area (Å²) in [5.74, 6) is 1.04. The largest absolute Gasteiger partial charge is 0.493 e. The molecule has 1 amide bonds. The maximum atomic E-state index is 11.7. The van der Waals surface area contributed by atoms with E-state index in [0.717, 1.165) is 30.9 Å². The number of hydrogen-bond acceptors (Lipinski definition) is 3. The molecule has 2 rings (SSSR count). The molecule has 0 bridgehead atoms. The zero-order valence-electron chi connectivity index (χ0n) is 11.0. The van der Waals surface area contributed by atoms with Crippen LogP contribution in [0.4, 0.5) is 0 Å².